The first-order valence-corrected chi connectivity index (χ1v) is 11.2. The van der Waals surface area contributed by atoms with Crippen LogP contribution in [-0.2, 0) is 14.0 Å². The third kappa shape index (κ3) is 5.88. The number of Topliss-reactive ketones (excluding diaryl/α,β-unsaturated/α-hetero) is 1. The number of halogens is 3. The van der Waals surface area contributed by atoms with Gasteiger partial charge in [-0.2, -0.15) is 13.2 Å². The van der Waals surface area contributed by atoms with Crippen LogP contribution >= 0.6 is 0 Å². The van der Waals surface area contributed by atoms with E-state index in [0.717, 1.165) is 0 Å². The molecule has 4 nitrogen and oxygen atoms in total. The Hall–Kier alpha value is -0.893. The minimum atomic E-state index is -4.88. The first kappa shape index (κ1) is 21.2. The molecule has 0 spiro atoms. The van der Waals surface area contributed by atoms with Crippen LogP contribution in [0.3, 0.4) is 0 Å². The molecule has 24 heavy (non-hydrogen) atoms. The molecule has 1 N–H and O–H groups in total. The molecule has 1 aliphatic carbocycles. The highest BCUT2D eigenvalue weighted by Gasteiger charge is 2.41. The number of ketones is 1. The van der Waals surface area contributed by atoms with Crippen molar-refractivity contribution in [2.45, 2.75) is 76.9 Å². The Labute approximate surface area is 142 Å². The van der Waals surface area contributed by atoms with E-state index in [-0.39, 0.29) is 35.8 Å². The topological polar surface area (TPSA) is 55.4 Å². The van der Waals surface area contributed by atoms with Gasteiger partial charge in [-0.15, -0.1) is 0 Å². The molecule has 0 aromatic rings. The molecule has 1 amide bonds. The van der Waals surface area contributed by atoms with Crippen LogP contribution in [0.2, 0.25) is 18.1 Å². The van der Waals surface area contributed by atoms with E-state index in [2.05, 4.69) is 33.9 Å². The number of nitrogens with one attached hydrogen (secondary N) is 1. The normalized spacial score (nSPS) is 23.2. The lowest BCUT2D eigenvalue weighted by Gasteiger charge is -2.41. The van der Waals surface area contributed by atoms with Gasteiger partial charge in [-0.3, -0.25) is 9.59 Å². The molecule has 0 saturated heterocycles. The average molecular weight is 367 g/mol. The fraction of sp³-hybridized carbons (Fsp3) is 0.875. The maximum absolute atomic E-state index is 12.2. The second-order valence-electron chi connectivity index (χ2n) is 7.98. The first-order valence-electron chi connectivity index (χ1n) is 8.29. The van der Waals surface area contributed by atoms with Crippen molar-refractivity contribution < 1.29 is 27.2 Å². The summed E-state index contributed by atoms with van der Waals surface area (Å²) in [6.07, 6.45) is -3.13. The second kappa shape index (κ2) is 7.55. The molecule has 1 fully saturated rings. The highest BCUT2D eigenvalue weighted by molar-refractivity contribution is 6.74. The van der Waals surface area contributed by atoms with Gasteiger partial charge in [0.25, 0.3) is 0 Å². The summed E-state index contributed by atoms with van der Waals surface area (Å²) in [7, 11) is -1.95. The summed E-state index contributed by atoms with van der Waals surface area (Å²) in [4.78, 5) is 22.8. The molecular formula is C16H28F3NO3Si. The molecule has 2 atom stereocenters. The zero-order valence-electron chi connectivity index (χ0n) is 15.0. The van der Waals surface area contributed by atoms with E-state index in [4.69, 9.17) is 4.43 Å². The summed E-state index contributed by atoms with van der Waals surface area (Å²) in [6.45, 7) is 10.5. The molecule has 0 unspecified atom stereocenters. The maximum atomic E-state index is 12.2. The monoisotopic (exact) mass is 367 g/mol. The first-order chi connectivity index (χ1) is 10.7. The van der Waals surface area contributed by atoms with Crippen molar-refractivity contribution >= 4 is 20.0 Å². The van der Waals surface area contributed by atoms with Gasteiger partial charge in [-0.1, -0.05) is 20.8 Å². The molecule has 1 aliphatic rings. The quantitative estimate of drug-likeness (QED) is 0.752. The zero-order valence-corrected chi connectivity index (χ0v) is 16.0. The van der Waals surface area contributed by atoms with Gasteiger partial charge >= 0.3 is 12.1 Å². The summed E-state index contributed by atoms with van der Waals surface area (Å²) in [5.74, 6) is -2.26. The zero-order chi connectivity index (χ0) is 18.8. The molecule has 0 bridgehead atoms. The lowest BCUT2D eigenvalue weighted by molar-refractivity contribution is -0.173. The molecule has 140 valence electrons. The van der Waals surface area contributed by atoms with Crippen LogP contribution in [0.1, 0.15) is 46.5 Å². The van der Waals surface area contributed by atoms with Gasteiger partial charge in [0.05, 0.1) is 0 Å². The Balaban J connectivity index is 2.54. The van der Waals surface area contributed by atoms with Crippen LogP contribution < -0.4 is 5.32 Å². The van der Waals surface area contributed by atoms with Crippen LogP contribution in [0.5, 0.6) is 0 Å². The maximum Gasteiger partial charge on any atom is 0.471 e. The largest absolute Gasteiger partial charge is 0.471 e. The standard InChI is InChI=1S/C16H28F3NO3Si/c1-15(2,3)24(4,5)23-12-6-7-13(21)11(10-12)8-9-20-14(22)16(17,18)19/h11-12H,6-10H2,1-5H3,(H,20,22)/t11-,12+/m1/s1. The average Bonchev–Trinajstić information content (AvgIpc) is 2.39. The highest BCUT2D eigenvalue weighted by atomic mass is 28.4. The van der Waals surface area contributed by atoms with E-state index < -0.39 is 20.4 Å². The van der Waals surface area contributed by atoms with Crippen molar-refractivity contribution in [1.29, 1.82) is 0 Å². The van der Waals surface area contributed by atoms with E-state index in [1.807, 2.05) is 5.32 Å². The molecule has 0 aromatic carbocycles. The molecule has 1 saturated carbocycles. The molecular weight excluding hydrogens is 339 g/mol. The van der Waals surface area contributed by atoms with Crippen molar-refractivity contribution in [1.82, 2.24) is 5.32 Å². The Morgan fingerprint density at radius 2 is 1.88 bits per heavy atom. The van der Waals surface area contributed by atoms with E-state index in [0.29, 0.717) is 19.3 Å². The smallest absolute Gasteiger partial charge is 0.414 e. The predicted molar refractivity (Wildman–Crippen MR) is 88.1 cm³/mol. The van der Waals surface area contributed by atoms with Gasteiger partial charge in [0.2, 0.25) is 0 Å². The van der Waals surface area contributed by atoms with Gasteiger partial charge in [-0.25, -0.2) is 0 Å². The Kier molecular flexibility index (Phi) is 6.66. The van der Waals surface area contributed by atoms with Crippen molar-refractivity contribution in [2.24, 2.45) is 5.92 Å². The van der Waals surface area contributed by atoms with Gasteiger partial charge in [-0.05, 0) is 37.4 Å². The van der Waals surface area contributed by atoms with Crippen molar-refractivity contribution in [3.05, 3.63) is 0 Å². The lowest BCUT2D eigenvalue weighted by atomic mass is 9.84. The fourth-order valence-electron chi connectivity index (χ4n) is 2.51. The highest BCUT2D eigenvalue weighted by Crippen LogP contribution is 2.39. The van der Waals surface area contributed by atoms with Crippen LogP contribution in [0.4, 0.5) is 13.2 Å². The number of amides is 1. The Bertz CT molecular complexity index is 472. The molecule has 0 heterocycles. The number of hydrogen-bond acceptors (Lipinski definition) is 3. The van der Waals surface area contributed by atoms with E-state index in [1.165, 1.54) is 0 Å². The summed E-state index contributed by atoms with van der Waals surface area (Å²) < 4.78 is 42.8. The molecule has 0 aliphatic heterocycles. The van der Waals surface area contributed by atoms with Crippen LogP contribution in [0.15, 0.2) is 0 Å². The van der Waals surface area contributed by atoms with Crippen LogP contribution in [0.25, 0.3) is 0 Å². The molecule has 0 aromatic heterocycles. The third-order valence-corrected chi connectivity index (χ3v) is 9.55. The minimum absolute atomic E-state index is 0.0353. The van der Waals surface area contributed by atoms with Gasteiger partial charge in [0, 0.05) is 25.0 Å². The van der Waals surface area contributed by atoms with Crippen LogP contribution in [0, 0.1) is 5.92 Å². The summed E-state index contributed by atoms with van der Waals surface area (Å²) >= 11 is 0. The van der Waals surface area contributed by atoms with Gasteiger partial charge in [0.15, 0.2) is 8.32 Å². The van der Waals surface area contributed by atoms with E-state index >= 15 is 0 Å². The second-order valence-corrected chi connectivity index (χ2v) is 12.7. The van der Waals surface area contributed by atoms with Crippen molar-refractivity contribution in [2.75, 3.05) is 6.54 Å². The van der Waals surface area contributed by atoms with Crippen LogP contribution in [-0.4, -0.2) is 38.8 Å². The Morgan fingerprint density at radius 1 is 1.29 bits per heavy atom. The number of hydrogen-bond donors (Lipinski definition) is 1. The fourth-order valence-corrected chi connectivity index (χ4v) is 3.91. The number of carbonyl (C=O) groups is 2. The number of alkyl halides is 3. The number of rotatable bonds is 5. The van der Waals surface area contributed by atoms with Gasteiger partial charge < -0.3 is 9.74 Å². The predicted octanol–water partition coefficient (Wildman–Crippen LogP) is 3.81. The summed E-state index contributed by atoms with van der Waals surface area (Å²) in [6, 6.07) is 0. The molecule has 0 radical (unpaired) electrons. The Morgan fingerprint density at radius 3 is 2.38 bits per heavy atom. The SMILES string of the molecule is CC(C)(C)[Si](C)(C)O[C@H]1CCC(=O)[C@H](CCNC(=O)C(F)(F)F)C1. The third-order valence-electron chi connectivity index (χ3n) is 5.02. The minimum Gasteiger partial charge on any atom is -0.414 e. The summed E-state index contributed by atoms with van der Waals surface area (Å²) in [5, 5.41) is 1.89. The lowest BCUT2D eigenvalue weighted by Crippen LogP contribution is -2.46. The van der Waals surface area contributed by atoms with Crippen molar-refractivity contribution in [3.8, 4) is 0 Å². The van der Waals surface area contributed by atoms with E-state index in [9.17, 15) is 22.8 Å². The van der Waals surface area contributed by atoms with Crippen molar-refractivity contribution in [3.63, 3.8) is 0 Å². The van der Waals surface area contributed by atoms with E-state index in [1.54, 1.807) is 0 Å². The summed E-state index contributed by atoms with van der Waals surface area (Å²) in [5.41, 5.74) is 0. The molecule has 1 rings (SSSR count). The number of carbonyl (C=O) groups excluding carboxylic acids is 2. The van der Waals surface area contributed by atoms with Gasteiger partial charge in [0.1, 0.15) is 5.78 Å². The molecule has 8 heteroatoms.